The summed E-state index contributed by atoms with van der Waals surface area (Å²) in [4.78, 5) is 0. The third-order valence-electron chi connectivity index (χ3n) is 4.33. The predicted molar refractivity (Wildman–Crippen MR) is 73.2 cm³/mol. The van der Waals surface area contributed by atoms with Gasteiger partial charge in [-0.1, -0.05) is 23.2 Å². The molecule has 0 amide bonds. The van der Waals surface area contributed by atoms with E-state index in [1.54, 1.807) is 0 Å². The second kappa shape index (κ2) is 4.46. The first kappa shape index (κ1) is 11.8. The molecule has 1 aliphatic heterocycles. The summed E-state index contributed by atoms with van der Waals surface area (Å²) in [7, 11) is 0. The molecular weight excluding hydrogens is 253 g/mol. The van der Waals surface area contributed by atoms with Gasteiger partial charge in [0, 0.05) is 10.0 Å². The van der Waals surface area contributed by atoms with E-state index in [-0.39, 0.29) is 0 Å². The van der Waals surface area contributed by atoms with Crippen molar-refractivity contribution in [3.63, 3.8) is 0 Å². The highest BCUT2D eigenvalue weighted by Gasteiger charge is 2.39. The number of hydrogen-bond acceptors (Lipinski definition) is 1. The molecule has 92 valence electrons. The topological polar surface area (TPSA) is 12.0 Å². The number of halogens is 2. The van der Waals surface area contributed by atoms with E-state index in [1.807, 2.05) is 6.07 Å². The zero-order valence-corrected chi connectivity index (χ0v) is 11.4. The van der Waals surface area contributed by atoms with Crippen molar-refractivity contribution in [2.45, 2.75) is 37.5 Å². The van der Waals surface area contributed by atoms with Crippen molar-refractivity contribution in [1.82, 2.24) is 5.32 Å². The van der Waals surface area contributed by atoms with E-state index < -0.39 is 0 Å². The van der Waals surface area contributed by atoms with E-state index in [0.29, 0.717) is 5.41 Å². The molecule has 1 nitrogen and oxygen atoms in total. The molecule has 17 heavy (non-hydrogen) atoms. The average Bonchev–Trinajstić information content (AvgIpc) is 2.29. The first-order chi connectivity index (χ1) is 8.21. The van der Waals surface area contributed by atoms with E-state index in [2.05, 4.69) is 11.4 Å². The van der Waals surface area contributed by atoms with Gasteiger partial charge in [-0.3, -0.25) is 0 Å². The Morgan fingerprint density at radius 1 is 1.06 bits per heavy atom. The van der Waals surface area contributed by atoms with Crippen LogP contribution in [0.4, 0.5) is 0 Å². The fourth-order valence-electron chi connectivity index (χ4n) is 3.57. The average molecular weight is 270 g/mol. The van der Waals surface area contributed by atoms with Gasteiger partial charge >= 0.3 is 0 Å². The summed E-state index contributed by atoms with van der Waals surface area (Å²) < 4.78 is 0. The summed E-state index contributed by atoms with van der Waals surface area (Å²) in [6.07, 6.45) is 6.10. The van der Waals surface area contributed by atoms with Crippen LogP contribution in [0.3, 0.4) is 0 Å². The number of piperidine rings is 1. The van der Waals surface area contributed by atoms with Crippen LogP contribution in [-0.2, 0) is 11.8 Å². The molecule has 0 saturated carbocycles. The number of nitrogens with one attached hydrogen (secondary N) is 1. The number of benzene rings is 1. The van der Waals surface area contributed by atoms with Crippen molar-refractivity contribution in [2.24, 2.45) is 0 Å². The summed E-state index contributed by atoms with van der Waals surface area (Å²) >= 11 is 12.6. The predicted octanol–water partition coefficient (Wildman–Crippen LogP) is 3.95. The molecule has 0 radical (unpaired) electrons. The Kier molecular flexibility index (Phi) is 3.10. The minimum absolute atomic E-state index is 0.320. The lowest BCUT2D eigenvalue weighted by Crippen LogP contribution is -2.42. The van der Waals surface area contributed by atoms with Crippen molar-refractivity contribution in [3.05, 3.63) is 33.3 Å². The van der Waals surface area contributed by atoms with Gasteiger partial charge in [-0.25, -0.2) is 0 Å². The van der Waals surface area contributed by atoms with Crippen LogP contribution in [0.25, 0.3) is 0 Å². The van der Waals surface area contributed by atoms with Gasteiger partial charge in [-0.05, 0) is 73.9 Å². The van der Waals surface area contributed by atoms with E-state index >= 15 is 0 Å². The van der Waals surface area contributed by atoms with E-state index in [1.165, 1.54) is 36.8 Å². The highest BCUT2D eigenvalue weighted by Crippen LogP contribution is 2.47. The van der Waals surface area contributed by atoms with E-state index in [0.717, 1.165) is 29.6 Å². The van der Waals surface area contributed by atoms with Crippen molar-refractivity contribution in [2.75, 3.05) is 13.1 Å². The molecule has 0 unspecified atom stereocenters. The molecule has 1 aromatic carbocycles. The molecular formula is C14H17Cl2N. The van der Waals surface area contributed by atoms with E-state index in [9.17, 15) is 0 Å². The first-order valence-electron chi connectivity index (χ1n) is 6.40. The van der Waals surface area contributed by atoms with Crippen LogP contribution in [0.2, 0.25) is 10.0 Å². The molecule has 1 spiro atoms. The monoisotopic (exact) mass is 269 g/mol. The van der Waals surface area contributed by atoms with Gasteiger partial charge in [-0.2, -0.15) is 0 Å². The number of hydrogen-bond donors (Lipinski definition) is 1. The Hall–Kier alpha value is -0.240. The number of fused-ring (bicyclic) bond motifs is 2. The maximum Gasteiger partial charge on any atom is 0.0461 e. The van der Waals surface area contributed by atoms with Crippen LogP contribution in [0, 0.1) is 0 Å². The van der Waals surface area contributed by atoms with Gasteiger partial charge < -0.3 is 5.32 Å². The van der Waals surface area contributed by atoms with Gasteiger partial charge in [0.1, 0.15) is 0 Å². The minimum Gasteiger partial charge on any atom is -0.317 e. The first-order valence-corrected chi connectivity index (χ1v) is 7.16. The highest BCUT2D eigenvalue weighted by molar-refractivity contribution is 6.35. The van der Waals surface area contributed by atoms with Crippen LogP contribution in [0.5, 0.6) is 0 Å². The Bertz CT molecular complexity index is 436. The minimum atomic E-state index is 0.320. The highest BCUT2D eigenvalue weighted by atomic mass is 35.5. The number of rotatable bonds is 0. The molecule has 2 aliphatic rings. The number of aryl methyl sites for hydroxylation is 1. The Morgan fingerprint density at radius 2 is 1.82 bits per heavy atom. The summed E-state index contributed by atoms with van der Waals surface area (Å²) in [5.41, 5.74) is 3.10. The van der Waals surface area contributed by atoms with E-state index in [4.69, 9.17) is 23.2 Å². The fraction of sp³-hybridized carbons (Fsp3) is 0.571. The molecule has 1 aliphatic carbocycles. The zero-order chi connectivity index (χ0) is 11.9. The lowest BCUT2D eigenvalue weighted by molar-refractivity contribution is 0.268. The SMILES string of the molecule is Clc1cc(Cl)c2c(c1)CCCC21CCNCC1. The molecule has 1 aromatic rings. The molecule has 3 heteroatoms. The quantitative estimate of drug-likeness (QED) is 0.752. The van der Waals surface area contributed by atoms with Crippen molar-refractivity contribution >= 4 is 23.2 Å². The standard InChI is InChI=1S/C14H17Cl2N/c15-11-8-10-2-1-3-14(4-6-17-7-5-14)13(10)12(16)9-11/h8-9,17H,1-7H2. The largest absolute Gasteiger partial charge is 0.317 e. The summed E-state index contributed by atoms with van der Waals surface area (Å²) in [6, 6.07) is 4.03. The molecule has 0 aromatic heterocycles. The second-order valence-electron chi connectivity index (χ2n) is 5.31. The molecule has 1 fully saturated rings. The van der Waals surface area contributed by atoms with Crippen LogP contribution in [0.1, 0.15) is 36.8 Å². The zero-order valence-electron chi connectivity index (χ0n) is 9.86. The molecule has 1 heterocycles. The lowest BCUT2D eigenvalue weighted by Gasteiger charge is -2.43. The van der Waals surface area contributed by atoms with Gasteiger partial charge in [-0.15, -0.1) is 0 Å². The Morgan fingerprint density at radius 3 is 2.59 bits per heavy atom. The van der Waals surface area contributed by atoms with Crippen molar-refractivity contribution in [1.29, 1.82) is 0 Å². The van der Waals surface area contributed by atoms with Gasteiger partial charge in [0.25, 0.3) is 0 Å². The smallest absolute Gasteiger partial charge is 0.0461 e. The molecule has 0 bridgehead atoms. The van der Waals surface area contributed by atoms with Crippen LogP contribution < -0.4 is 5.32 Å². The molecule has 3 rings (SSSR count). The van der Waals surface area contributed by atoms with Gasteiger partial charge in [0.2, 0.25) is 0 Å². The van der Waals surface area contributed by atoms with Crippen LogP contribution in [-0.4, -0.2) is 13.1 Å². The third kappa shape index (κ3) is 1.99. The fourth-order valence-corrected chi connectivity index (χ4v) is 4.30. The second-order valence-corrected chi connectivity index (χ2v) is 6.15. The molecule has 0 atom stereocenters. The molecule has 1 saturated heterocycles. The third-order valence-corrected chi connectivity index (χ3v) is 4.85. The van der Waals surface area contributed by atoms with Crippen LogP contribution in [0.15, 0.2) is 12.1 Å². The Labute approximate surface area is 112 Å². The lowest BCUT2D eigenvalue weighted by atomic mass is 9.65. The van der Waals surface area contributed by atoms with Crippen LogP contribution >= 0.6 is 23.2 Å². The maximum absolute atomic E-state index is 6.47. The van der Waals surface area contributed by atoms with Gasteiger partial charge in [0.05, 0.1) is 0 Å². The summed E-state index contributed by atoms with van der Waals surface area (Å²) in [6.45, 7) is 2.22. The summed E-state index contributed by atoms with van der Waals surface area (Å²) in [5.74, 6) is 0. The maximum atomic E-state index is 6.47. The van der Waals surface area contributed by atoms with Gasteiger partial charge in [0.15, 0.2) is 0 Å². The Balaban J connectivity index is 2.12. The molecule has 1 N–H and O–H groups in total. The normalized spacial score (nSPS) is 22.5. The van der Waals surface area contributed by atoms with Crippen molar-refractivity contribution in [3.8, 4) is 0 Å². The summed E-state index contributed by atoms with van der Waals surface area (Å²) in [5, 5.41) is 5.11. The van der Waals surface area contributed by atoms with Crippen molar-refractivity contribution < 1.29 is 0 Å².